The van der Waals surface area contributed by atoms with Crippen LogP contribution >= 0.6 is 0 Å². The largest absolute Gasteiger partial charge is 0.497 e. The van der Waals surface area contributed by atoms with Crippen LogP contribution in [-0.4, -0.2) is 25.0 Å². The van der Waals surface area contributed by atoms with Crippen LogP contribution in [0.4, 0.5) is 0 Å². The van der Waals surface area contributed by atoms with E-state index in [0.717, 1.165) is 22.5 Å². The maximum absolute atomic E-state index is 12.5. The molecule has 0 aliphatic heterocycles. The lowest BCUT2D eigenvalue weighted by atomic mass is 10.1. The number of furan rings is 2. The number of rotatable bonds is 5. The number of carbonyl (C=O) groups excluding carboxylic acids is 1. The molecule has 5 nitrogen and oxygen atoms in total. The molecule has 0 saturated heterocycles. The summed E-state index contributed by atoms with van der Waals surface area (Å²) in [5.74, 6) is 1.50. The van der Waals surface area contributed by atoms with Crippen LogP contribution in [0.1, 0.15) is 24.3 Å². The number of methoxy groups -OCH3 is 1. The van der Waals surface area contributed by atoms with Gasteiger partial charge in [0.05, 0.1) is 32.1 Å². The highest BCUT2D eigenvalue weighted by atomic mass is 16.5. The van der Waals surface area contributed by atoms with E-state index in [0.29, 0.717) is 5.58 Å². The lowest BCUT2D eigenvalue weighted by Crippen LogP contribution is -2.30. The van der Waals surface area contributed by atoms with Gasteiger partial charge in [0.2, 0.25) is 5.91 Å². The number of nitrogens with zero attached hydrogens (tertiary/aromatic N) is 1. The standard InChI is InChI=1S/C18H19NO4/c1-12(16-5-4-8-22-16)19(2)18(20)9-13-11-23-17-10-14(21-3)6-7-15(13)17/h4-8,10-12H,9H2,1-3H3. The monoisotopic (exact) mass is 313 g/mol. The Hall–Kier alpha value is -2.69. The fourth-order valence-electron chi connectivity index (χ4n) is 2.55. The van der Waals surface area contributed by atoms with Gasteiger partial charge in [-0.3, -0.25) is 4.79 Å². The SMILES string of the molecule is COc1ccc2c(CC(=O)N(C)C(C)c3ccco3)coc2c1. The minimum Gasteiger partial charge on any atom is -0.497 e. The van der Waals surface area contributed by atoms with Crippen LogP contribution in [0.15, 0.2) is 51.7 Å². The van der Waals surface area contributed by atoms with Gasteiger partial charge in [0.15, 0.2) is 0 Å². The Morgan fingerprint density at radius 3 is 2.83 bits per heavy atom. The van der Waals surface area contributed by atoms with Crippen molar-refractivity contribution in [1.29, 1.82) is 0 Å². The molecule has 1 amide bonds. The van der Waals surface area contributed by atoms with Gasteiger partial charge in [-0.15, -0.1) is 0 Å². The fraction of sp³-hybridized carbons (Fsp3) is 0.278. The Morgan fingerprint density at radius 1 is 1.30 bits per heavy atom. The minimum absolute atomic E-state index is 0.00687. The maximum Gasteiger partial charge on any atom is 0.227 e. The van der Waals surface area contributed by atoms with Gasteiger partial charge in [-0.2, -0.15) is 0 Å². The molecule has 120 valence electrons. The molecule has 5 heteroatoms. The van der Waals surface area contributed by atoms with Crippen LogP contribution in [0.2, 0.25) is 0 Å². The van der Waals surface area contributed by atoms with E-state index in [1.54, 1.807) is 31.6 Å². The van der Waals surface area contributed by atoms with Crippen molar-refractivity contribution in [3.63, 3.8) is 0 Å². The van der Waals surface area contributed by atoms with Gasteiger partial charge in [-0.1, -0.05) is 0 Å². The number of hydrogen-bond acceptors (Lipinski definition) is 4. The first-order chi connectivity index (χ1) is 11.1. The normalized spacial score (nSPS) is 12.3. The van der Waals surface area contributed by atoms with Crippen molar-refractivity contribution in [2.75, 3.05) is 14.2 Å². The van der Waals surface area contributed by atoms with Gasteiger partial charge >= 0.3 is 0 Å². The fourth-order valence-corrected chi connectivity index (χ4v) is 2.55. The summed E-state index contributed by atoms with van der Waals surface area (Å²) in [5.41, 5.74) is 1.58. The van der Waals surface area contributed by atoms with Crippen molar-refractivity contribution in [2.24, 2.45) is 0 Å². The second-order valence-corrected chi connectivity index (χ2v) is 5.50. The number of fused-ring (bicyclic) bond motifs is 1. The predicted molar refractivity (Wildman–Crippen MR) is 86.4 cm³/mol. The predicted octanol–water partition coefficient (Wildman–Crippen LogP) is 3.80. The van der Waals surface area contributed by atoms with Gasteiger partial charge in [0.1, 0.15) is 17.1 Å². The quantitative estimate of drug-likeness (QED) is 0.719. The first-order valence-electron chi connectivity index (χ1n) is 7.43. The molecule has 0 bridgehead atoms. The summed E-state index contributed by atoms with van der Waals surface area (Å²) in [6.07, 6.45) is 3.52. The van der Waals surface area contributed by atoms with Crippen molar-refractivity contribution >= 4 is 16.9 Å². The summed E-state index contributed by atoms with van der Waals surface area (Å²) in [4.78, 5) is 14.2. The smallest absolute Gasteiger partial charge is 0.227 e. The van der Waals surface area contributed by atoms with E-state index in [1.807, 2.05) is 37.3 Å². The van der Waals surface area contributed by atoms with E-state index in [4.69, 9.17) is 13.6 Å². The highest BCUT2D eigenvalue weighted by Gasteiger charge is 2.21. The third-order valence-corrected chi connectivity index (χ3v) is 4.13. The Balaban J connectivity index is 1.77. The van der Waals surface area contributed by atoms with Gasteiger partial charge in [-0.05, 0) is 31.2 Å². The van der Waals surface area contributed by atoms with Crippen molar-refractivity contribution in [3.05, 3.63) is 54.2 Å². The summed E-state index contributed by atoms with van der Waals surface area (Å²) >= 11 is 0. The number of hydrogen-bond donors (Lipinski definition) is 0. The molecule has 0 saturated carbocycles. The second-order valence-electron chi connectivity index (χ2n) is 5.50. The van der Waals surface area contributed by atoms with Gasteiger partial charge < -0.3 is 18.5 Å². The van der Waals surface area contributed by atoms with E-state index in [1.165, 1.54) is 0 Å². The van der Waals surface area contributed by atoms with Crippen LogP contribution in [0.5, 0.6) is 5.75 Å². The Morgan fingerprint density at radius 2 is 2.13 bits per heavy atom. The van der Waals surface area contributed by atoms with Gasteiger partial charge in [0.25, 0.3) is 0 Å². The van der Waals surface area contributed by atoms with Crippen molar-refractivity contribution in [3.8, 4) is 5.75 Å². The highest BCUT2D eigenvalue weighted by molar-refractivity contribution is 5.88. The average Bonchev–Trinajstić information content (AvgIpc) is 3.23. The molecule has 0 radical (unpaired) electrons. The number of amides is 1. The Labute approximate surface area is 134 Å². The molecule has 0 aliphatic carbocycles. The summed E-state index contributed by atoms with van der Waals surface area (Å²) < 4.78 is 16.1. The van der Waals surface area contributed by atoms with E-state index in [-0.39, 0.29) is 18.4 Å². The second kappa shape index (κ2) is 6.20. The molecule has 0 spiro atoms. The van der Waals surface area contributed by atoms with Crippen LogP contribution in [0.25, 0.3) is 11.0 Å². The van der Waals surface area contributed by atoms with Crippen molar-refractivity contribution < 1.29 is 18.4 Å². The van der Waals surface area contributed by atoms with Crippen LogP contribution in [0, 0.1) is 0 Å². The zero-order valence-corrected chi connectivity index (χ0v) is 13.4. The van der Waals surface area contributed by atoms with E-state index >= 15 is 0 Å². The lowest BCUT2D eigenvalue weighted by Gasteiger charge is -2.23. The lowest BCUT2D eigenvalue weighted by molar-refractivity contribution is -0.131. The zero-order chi connectivity index (χ0) is 16.4. The number of ether oxygens (including phenoxy) is 1. The third kappa shape index (κ3) is 2.95. The van der Waals surface area contributed by atoms with Gasteiger partial charge in [-0.25, -0.2) is 0 Å². The topological polar surface area (TPSA) is 55.8 Å². The number of carbonyl (C=O) groups is 1. The summed E-state index contributed by atoms with van der Waals surface area (Å²) in [5, 5.41) is 0.929. The molecule has 3 rings (SSSR count). The summed E-state index contributed by atoms with van der Waals surface area (Å²) in [6.45, 7) is 1.94. The maximum atomic E-state index is 12.5. The molecule has 1 atom stereocenters. The highest BCUT2D eigenvalue weighted by Crippen LogP contribution is 2.27. The van der Waals surface area contributed by atoms with Crippen molar-refractivity contribution in [1.82, 2.24) is 4.90 Å². The van der Waals surface area contributed by atoms with Crippen LogP contribution in [-0.2, 0) is 11.2 Å². The Bertz CT molecular complexity index is 804. The molecule has 1 aromatic carbocycles. The molecule has 1 unspecified atom stereocenters. The molecule has 3 aromatic rings. The molecule has 2 aromatic heterocycles. The molecule has 23 heavy (non-hydrogen) atoms. The molecule has 2 heterocycles. The zero-order valence-electron chi connectivity index (χ0n) is 13.4. The first kappa shape index (κ1) is 15.2. The summed E-state index contributed by atoms with van der Waals surface area (Å²) in [6, 6.07) is 9.17. The molecule has 0 fully saturated rings. The van der Waals surface area contributed by atoms with Gasteiger partial charge in [0, 0.05) is 24.1 Å². The van der Waals surface area contributed by atoms with Crippen LogP contribution in [0.3, 0.4) is 0 Å². The molecular formula is C18H19NO4. The first-order valence-corrected chi connectivity index (χ1v) is 7.43. The van der Waals surface area contributed by atoms with Crippen molar-refractivity contribution in [2.45, 2.75) is 19.4 Å². The molecule has 0 N–H and O–H groups in total. The third-order valence-electron chi connectivity index (χ3n) is 4.13. The Kier molecular flexibility index (Phi) is 4.10. The van der Waals surface area contributed by atoms with E-state index < -0.39 is 0 Å². The number of likely N-dealkylation sites (N-methyl/N-ethyl adjacent to an activating group) is 1. The average molecular weight is 313 g/mol. The molecular weight excluding hydrogens is 294 g/mol. The van der Waals surface area contributed by atoms with E-state index in [2.05, 4.69) is 0 Å². The minimum atomic E-state index is -0.115. The molecule has 0 aliphatic rings. The van der Waals surface area contributed by atoms with Crippen LogP contribution < -0.4 is 4.74 Å². The van der Waals surface area contributed by atoms with E-state index in [9.17, 15) is 4.79 Å². The summed E-state index contributed by atoms with van der Waals surface area (Å²) in [7, 11) is 3.39. The number of benzene rings is 1.